The van der Waals surface area contributed by atoms with Gasteiger partial charge in [0.05, 0.1) is 12.0 Å². The van der Waals surface area contributed by atoms with E-state index in [1.54, 1.807) is 24.5 Å². The van der Waals surface area contributed by atoms with E-state index in [1.807, 2.05) is 35.9 Å². The zero-order chi connectivity index (χ0) is 18.4. The third-order valence-electron chi connectivity index (χ3n) is 3.34. The first-order valence-electron chi connectivity index (χ1n) is 7.63. The van der Waals surface area contributed by atoms with E-state index in [4.69, 9.17) is 11.6 Å². The molecule has 3 rings (SSSR count). The number of thioether (sulfide) groups is 1. The second-order valence-corrected chi connectivity index (χ2v) is 6.62. The lowest BCUT2D eigenvalue weighted by Crippen LogP contribution is -2.19. The number of hydrogen-bond acceptors (Lipinski definition) is 6. The molecule has 2 aromatic heterocycles. The average Bonchev–Trinajstić information content (AvgIpc) is 3.01. The maximum Gasteiger partial charge on any atom is 0.250 e. The molecule has 132 valence electrons. The van der Waals surface area contributed by atoms with Crippen LogP contribution in [0.15, 0.2) is 59.0 Å². The Hall–Kier alpha value is -2.71. The van der Waals surface area contributed by atoms with E-state index in [0.717, 1.165) is 11.1 Å². The van der Waals surface area contributed by atoms with Crippen molar-refractivity contribution >= 4 is 35.5 Å². The van der Waals surface area contributed by atoms with Crippen LogP contribution in [0, 0.1) is 0 Å². The fourth-order valence-electron chi connectivity index (χ4n) is 2.11. The minimum atomic E-state index is -0.234. The van der Waals surface area contributed by atoms with Crippen molar-refractivity contribution in [3.05, 3.63) is 59.4 Å². The van der Waals surface area contributed by atoms with Gasteiger partial charge in [0.15, 0.2) is 11.0 Å². The first kappa shape index (κ1) is 18.1. The average molecular weight is 387 g/mol. The Morgan fingerprint density at radius 2 is 2.23 bits per heavy atom. The van der Waals surface area contributed by atoms with Gasteiger partial charge in [-0.15, -0.1) is 10.2 Å². The minimum Gasteiger partial charge on any atom is -0.305 e. The van der Waals surface area contributed by atoms with Gasteiger partial charge in [0.2, 0.25) is 0 Å². The Labute approximate surface area is 159 Å². The summed E-state index contributed by atoms with van der Waals surface area (Å²) in [6, 6.07) is 11.0. The molecule has 1 aromatic carbocycles. The van der Waals surface area contributed by atoms with Crippen LogP contribution in [0.1, 0.15) is 5.56 Å². The number of carbonyl (C=O) groups excluding carboxylic acids is 1. The highest BCUT2D eigenvalue weighted by molar-refractivity contribution is 7.99. The second-order valence-electron chi connectivity index (χ2n) is 5.24. The van der Waals surface area contributed by atoms with Gasteiger partial charge in [-0.05, 0) is 18.2 Å². The summed E-state index contributed by atoms with van der Waals surface area (Å²) in [5.74, 6) is 0.624. The Kier molecular flexibility index (Phi) is 5.98. The number of halogens is 1. The lowest BCUT2D eigenvalue weighted by Gasteiger charge is -2.04. The van der Waals surface area contributed by atoms with Crippen LogP contribution in [-0.4, -0.2) is 37.6 Å². The summed E-state index contributed by atoms with van der Waals surface area (Å²) >= 11 is 7.30. The predicted octanol–water partition coefficient (Wildman–Crippen LogP) is 2.77. The smallest absolute Gasteiger partial charge is 0.250 e. The maximum absolute atomic E-state index is 11.9. The van der Waals surface area contributed by atoms with Crippen molar-refractivity contribution in [2.75, 3.05) is 5.75 Å². The van der Waals surface area contributed by atoms with Gasteiger partial charge in [-0.1, -0.05) is 41.6 Å². The Balaban J connectivity index is 1.56. The molecule has 0 fully saturated rings. The van der Waals surface area contributed by atoms with Crippen LogP contribution in [0.2, 0.25) is 5.02 Å². The van der Waals surface area contributed by atoms with Crippen LogP contribution >= 0.6 is 23.4 Å². The Morgan fingerprint density at radius 3 is 3.00 bits per heavy atom. The number of nitrogens with one attached hydrogen (secondary N) is 1. The van der Waals surface area contributed by atoms with E-state index in [0.29, 0.717) is 16.0 Å². The third kappa shape index (κ3) is 4.68. The van der Waals surface area contributed by atoms with Crippen molar-refractivity contribution in [1.82, 2.24) is 25.2 Å². The number of hydrogen-bond donors (Lipinski definition) is 1. The fourth-order valence-corrected chi connectivity index (χ4v) is 3.01. The number of amides is 1. The molecule has 7 nitrogen and oxygen atoms in total. The third-order valence-corrected chi connectivity index (χ3v) is 4.59. The maximum atomic E-state index is 11.9. The zero-order valence-corrected chi connectivity index (χ0v) is 15.4. The van der Waals surface area contributed by atoms with Crippen molar-refractivity contribution in [1.29, 1.82) is 0 Å². The van der Waals surface area contributed by atoms with Gasteiger partial charge >= 0.3 is 0 Å². The standard InChI is InChI=1S/C17H15ClN6OS/c1-24-16(13-5-2-6-14(18)8-13)22-23-17(24)26-11-15(25)21-20-10-12-4-3-7-19-9-12/h2-10H,11H2,1H3,(H,21,25). The summed E-state index contributed by atoms with van der Waals surface area (Å²) < 4.78 is 1.82. The van der Waals surface area contributed by atoms with E-state index >= 15 is 0 Å². The molecule has 0 spiro atoms. The number of nitrogens with zero attached hydrogens (tertiary/aromatic N) is 5. The highest BCUT2D eigenvalue weighted by Crippen LogP contribution is 2.24. The van der Waals surface area contributed by atoms with Crippen molar-refractivity contribution in [2.24, 2.45) is 12.1 Å². The van der Waals surface area contributed by atoms with E-state index in [1.165, 1.54) is 18.0 Å². The molecule has 0 saturated carbocycles. The molecule has 0 aliphatic rings. The molecule has 0 saturated heterocycles. The molecule has 9 heteroatoms. The number of aromatic nitrogens is 4. The summed E-state index contributed by atoms with van der Waals surface area (Å²) in [5, 5.41) is 13.5. The Bertz CT molecular complexity index is 928. The summed E-state index contributed by atoms with van der Waals surface area (Å²) in [7, 11) is 1.84. The SMILES string of the molecule is Cn1c(SCC(=O)NN=Cc2cccnc2)nnc1-c1cccc(Cl)c1. The molecule has 0 aliphatic heterocycles. The van der Waals surface area contributed by atoms with E-state index in [9.17, 15) is 4.79 Å². The number of rotatable bonds is 6. The fraction of sp³-hybridized carbons (Fsp3) is 0.118. The monoisotopic (exact) mass is 386 g/mol. The topological polar surface area (TPSA) is 85.1 Å². The molecule has 1 N–H and O–H groups in total. The molecule has 0 bridgehead atoms. The molecule has 3 aromatic rings. The van der Waals surface area contributed by atoms with Gasteiger partial charge in [-0.25, -0.2) is 5.43 Å². The van der Waals surface area contributed by atoms with Crippen LogP contribution < -0.4 is 5.43 Å². The quantitative estimate of drug-likeness (QED) is 0.400. The second kappa shape index (κ2) is 8.59. The summed E-state index contributed by atoms with van der Waals surface area (Å²) in [6.45, 7) is 0. The summed E-state index contributed by atoms with van der Waals surface area (Å²) in [6.07, 6.45) is 4.86. The van der Waals surface area contributed by atoms with Crippen molar-refractivity contribution in [2.45, 2.75) is 5.16 Å². The van der Waals surface area contributed by atoms with Crippen LogP contribution in [0.25, 0.3) is 11.4 Å². The molecule has 0 radical (unpaired) electrons. The highest BCUT2D eigenvalue weighted by Gasteiger charge is 2.13. The first-order chi connectivity index (χ1) is 12.6. The van der Waals surface area contributed by atoms with Gasteiger partial charge in [-0.2, -0.15) is 5.10 Å². The van der Waals surface area contributed by atoms with Crippen LogP contribution in [0.3, 0.4) is 0 Å². The van der Waals surface area contributed by atoms with Gasteiger partial charge in [0.1, 0.15) is 0 Å². The van der Waals surface area contributed by atoms with E-state index in [-0.39, 0.29) is 11.7 Å². The van der Waals surface area contributed by atoms with Crippen molar-refractivity contribution in [3.8, 4) is 11.4 Å². The van der Waals surface area contributed by atoms with E-state index < -0.39 is 0 Å². The summed E-state index contributed by atoms with van der Waals surface area (Å²) in [4.78, 5) is 15.9. The molecule has 2 heterocycles. The Morgan fingerprint density at radius 1 is 1.35 bits per heavy atom. The molecule has 26 heavy (non-hydrogen) atoms. The number of pyridine rings is 1. The minimum absolute atomic E-state index is 0.173. The van der Waals surface area contributed by atoms with Crippen molar-refractivity contribution < 1.29 is 4.79 Å². The zero-order valence-electron chi connectivity index (χ0n) is 13.8. The highest BCUT2D eigenvalue weighted by atomic mass is 35.5. The largest absolute Gasteiger partial charge is 0.305 e. The predicted molar refractivity (Wildman–Crippen MR) is 102 cm³/mol. The molecule has 0 aliphatic carbocycles. The lowest BCUT2D eigenvalue weighted by molar-refractivity contribution is -0.118. The molecule has 0 atom stereocenters. The number of benzene rings is 1. The molecular formula is C17H15ClN6OS. The summed E-state index contributed by atoms with van der Waals surface area (Å²) in [5.41, 5.74) is 4.14. The number of hydrazone groups is 1. The lowest BCUT2D eigenvalue weighted by atomic mass is 10.2. The van der Waals surface area contributed by atoms with Crippen molar-refractivity contribution in [3.63, 3.8) is 0 Å². The van der Waals surface area contributed by atoms with Gasteiger partial charge in [0.25, 0.3) is 5.91 Å². The van der Waals surface area contributed by atoms with Gasteiger partial charge in [-0.3, -0.25) is 9.78 Å². The van der Waals surface area contributed by atoms with Crippen LogP contribution in [0.4, 0.5) is 0 Å². The molecule has 0 unspecified atom stereocenters. The van der Waals surface area contributed by atoms with Gasteiger partial charge < -0.3 is 4.57 Å². The van der Waals surface area contributed by atoms with Crippen LogP contribution in [0.5, 0.6) is 0 Å². The normalized spacial score (nSPS) is 11.0. The van der Waals surface area contributed by atoms with Gasteiger partial charge in [0, 0.05) is 35.6 Å². The van der Waals surface area contributed by atoms with E-state index in [2.05, 4.69) is 25.7 Å². The first-order valence-corrected chi connectivity index (χ1v) is 9.00. The molecule has 1 amide bonds. The number of carbonyl (C=O) groups is 1. The van der Waals surface area contributed by atoms with Crippen LogP contribution in [-0.2, 0) is 11.8 Å². The molecular weight excluding hydrogens is 372 g/mol.